The topological polar surface area (TPSA) is 82.6 Å². The quantitative estimate of drug-likeness (QED) is 0.743. The normalized spacial score (nSPS) is 11.6. The predicted octanol–water partition coefficient (Wildman–Crippen LogP) is 2.08. The van der Waals surface area contributed by atoms with E-state index < -0.39 is 0 Å². The summed E-state index contributed by atoms with van der Waals surface area (Å²) in [5, 5.41) is 16.3. The van der Waals surface area contributed by atoms with Crippen molar-refractivity contribution in [1.82, 2.24) is 34.7 Å². The van der Waals surface area contributed by atoms with Crippen molar-refractivity contribution in [3.05, 3.63) is 29.3 Å². The van der Waals surface area contributed by atoms with Crippen molar-refractivity contribution in [3.8, 4) is 0 Å². The van der Waals surface area contributed by atoms with E-state index in [4.69, 9.17) is 0 Å². The fourth-order valence-corrected chi connectivity index (χ4v) is 3.08. The first-order chi connectivity index (χ1) is 11.9. The number of rotatable bonds is 6. The molecule has 0 saturated heterocycles. The van der Waals surface area contributed by atoms with Crippen molar-refractivity contribution in [2.24, 2.45) is 0 Å². The minimum atomic E-state index is -0.111. The fraction of sp³-hybridized carbons (Fsp3) is 0.529. The van der Waals surface area contributed by atoms with Gasteiger partial charge in [-0.3, -0.25) is 18.8 Å². The lowest BCUT2D eigenvalue weighted by molar-refractivity contribution is 0.0941. The van der Waals surface area contributed by atoms with E-state index in [9.17, 15) is 4.79 Å². The lowest BCUT2D eigenvalue weighted by Gasteiger charge is -2.07. The molecule has 0 unspecified atom stereocenters. The molecule has 0 radical (unpaired) electrons. The maximum absolute atomic E-state index is 12.4. The van der Waals surface area contributed by atoms with Gasteiger partial charge in [-0.25, -0.2) is 0 Å². The number of fused-ring (bicyclic) bond motifs is 1. The summed E-state index contributed by atoms with van der Waals surface area (Å²) in [4.78, 5) is 12.4. The SMILES string of the molecule is CCn1nc(C)cc1C(=O)NCCn1ncc2c1c(C)nn2C(C)C. The Hall–Kier alpha value is -2.64. The number of nitrogens with zero attached hydrogens (tertiary/aromatic N) is 6. The maximum Gasteiger partial charge on any atom is 0.269 e. The Bertz CT molecular complexity index is 900. The number of aromatic nitrogens is 6. The standard InChI is InChI=1S/C17H25N7O/c1-6-22-14(9-12(4)20-22)17(25)18-7-8-23-16-13(5)21-24(11(2)3)15(16)10-19-23/h9-11H,6-8H2,1-5H3,(H,18,25). The molecular formula is C17H25N7O. The summed E-state index contributed by atoms with van der Waals surface area (Å²) >= 11 is 0. The number of amides is 1. The van der Waals surface area contributed by atoms with Crippen molar-refractivity contribution >= 4 is 16.9 Å². The van der Waals surface area contributed by atoms with E-state index in [2.05, 4.69) is 34.5 Å². The molecule has 0 fully saturated rings. The van der Waals surface area contributed by atoms with Gasteiger partial charge in [0.15, 0.2) is 0 Å². The fourth-order valence-electron chi connectivity index (χ4n) is 3.08. The molecular weight excluding hydrogens is 318 g/mol. The minimum absolute atomic E-state index is 0.111. The Morgan fingerprint density at radius 2 is 2.00 bits per heavy atom. The van der Waals surface area contributed by atoms with Crippen molar-refractivity contribution in [1.29, 1.82) is 0 Å². The Labute approximate surface area is 146 Å². The molecule has 1 amide bonds. The van der Waals surface area contributed by atoms with Gasteiger partial charge in [-0.05, 0) is 40.7 Å². The summed E-state index contributed by atoms with van der Waals surface area (Å²) in [7, 11) is 0. The summed E-state index contributed by atoms with van der Waals surface area (Å²) < 4.78 is 5.60. The Morgan fingerprint density at radius 3 is 2.68 bits per heavy atom. The summed E-state index contributed by atoms with van der Waals surface area (Å²) in [6.07, 6.45) is 1.84. The lowest BCUT2D eigenvalue weighted by atomic mass is 10.3. The summed E-state index contributed by atoms with van der Waals surface area (Å²) in [5.74, 6) is -0.111. The summed E-state index contributed by atoms with van der Waals surface area (Å²) in [5.41, 5.74) is 4.44. The second kappa shape index (κ2) is 6.70. The molecule has 1 N–H and O–H groups in total. The number of nitrogens with one attached hydrogen (secondary N) is 1. The van der Waals surface area contributed by atoms with Crippen molar-refractivity contribution < 1.29 is 4.79 Å². The van der Waals surface area contributed by atoms with E-state index in [1.165, 1.54) is 0 Å². The molecule has 3 aromatic rings. The van der Waals surface area contributed by atoms with Crippen LogP contribution in [-0.2, 0) is 13.1 Å². The average Bonchev–Trinajstić information content (AvgIpc) is 3.23. The van der Waals surface area contributed by atoms with Gasteiger partial charge in [-0.2, -0.15) is 15.3 Å². The second-order valence-electron chi connectivity index (χ2n) is 6.47. The molecule has 3 rings (SSSR count). The molecule has 25 heavy (non-hydrogen) atoms. The Kier molecular flexibility index (Phi) is 4.61. The van der Waals surface area contributed by atoms with Gasteiger partial charge in [0.2, 0.25) is 0 Å². The zero-order chi connectivity index (χ0) is 18.1. The Morgan fingerprint density at radius 1 is 1.24 bits per heavy atom. The molecule has 3 aromatic heterocycles. The first kappa shape index (κ1) is 17.2. The largest absolute Gasteiger partial charge is 0.349 e. The first-order valence-electron chi connectivity index (χ1n) is 8.65. The van der Waals surface area contributed by atoms with Gasteiger partial charge in [-0.1, -0.05) is 0 Å². The van der Waals surface area contributed by atoms with Crippen LogP contribution in [0.3, 0.4) is 0 Å². The smallest absolute Gasteiger partial charge is 0.269 e. The van der Waals surface area contributed by atoms with Gasteiger partial charge in [0.1, 0.15) is 16.7 Å². The van der Waals surface area contributed by atoms with Crippen molar-refractivity contribution in [3.63, 3.8) is 0 Å². The highest BCUT2D eigenvalue weighted by molar-refractivity contribution is 5.92. The van der Waals surface area contributed by atoms with Gasteiger partial charge in [-0.15, -0.1) is 0 Å². The molecule has 0 aliphatic heterocycles. The van der Waals surface area contributed by atoms with E-state index in [0.717, 1.165) is 22.4 Å². The van der Waals surface area contributed by atoms with Crippen molar-refractivity contribution in [2.75, 3.05) is 6.54 Å². The van der Waals surface area contributed by atoms with Crippen LogP contribution in [0.2, 0.25) is 0 Å². The van der Waals surface area contributed by atoms with E-state index in [1.807, 2.05) is 42.4 Å². The maximum atomic E-state index is 12.4. The van der Waals surface area contributed by atoms with Crippen LogP contribution in [0.1, 0.15) is 48.7 Å². The van der Waals surface area contributed by atoms with Gasteiger partial charge in [0.25, 0.3) is 5.91 Å². The van der Waals surface area contributed by atoms with Crippen LogP contribution >= 0.6 is 0 Å². The van der Waals surface area contributed by atoms with Crippen LogP contribution < -0.4 is 5.32 Å². The second-order valence-corrected chi connectivity index (χ2v) is 6.47. The van der Waals surface area contributed by atoms with Crippen LogP contribution in [0, 0.1) is 13.8 Å². The minimum Gasteiger partial charge on any atom is -0.349 e. The molecule has 0 aromatic carbocycles. The number of aryl methyl sites for hydroxylation is 3. The van der Waals surface area contributed by atoms with Gasteiger partial charge < -0.3 is 5.32 Å². The molecule has 0 atom stereocenters. The number of hydrogen-bond donors (Lipinski definition) is 1. The molecule has 8 nitrogen and oxygen atoms in total. The van der Waals surface area contributed by atoms with Crippen LogP contribution in [-0.4, -0.2) is 41.8 Å². The van der Waals surface area contributed by atoms with Crippen LogP contribution in [0.15, 0.2) is 12.3 Å². The number of carbonyl (C=O) groups is 1. The van der Waals surface area contributed by atoms with Crippen LogP contribution in [0.4, 0.5) is 0 Å². The summed E-state index contributed by atoms with van der Waals surface area (Å²) in [6, 6.07) is 2.09. The third kappa shape index (κ3) is 3.16. The number of hydrogen-bond acceptors (Lipinski definition) is 4. The molecule has 8 heteroatoms. The molecule has 134 valence electrons. The Balaban J connectivity index is 1.70. The monoisotopic (exact) mass is 343 g/mol. The lowest BCUT2D eigenvalue weighted by Crippen LogP contribution is -2.29. The zero-order valence-electron chi connectivity index (χ0n) is 15.4. The molecule has 0 saturated carbocycles. The average molecular weight is 343 g/mol. The van der Waals surface area contributed by atoms with E-state index in [-0.39, 0.29) is 11.9 Å². The molecule has 0 aliphatic carbocycles. The molecule has 0 spiro atoms. The van der Waals surface area contributed by atoms with E-state index >= 15 is 0 Å². The van der Waals surface area contributed by atoms with Gasteiger partial charge >= 0.3 is 0 Å². The number of carbonyl (C=O) groups excluding carboxylic acids is 1. The van der Waals surface area contributed by atoms with E-state index in [1.54, 1.807) is 4.68 Å². The van der Waals surface area contributed by atoms with Crippen LogP contribution in [0.5, 0.6) is 0 Å². The highest BCUT2D eigenvalue weighted by Crippen LogP contribution is 2.20. The predicted molar refractivity (Wildman–Crippen MR) is 95.6 cm³/mol. The van der Waals surface area contributed by atoms with Gasteiger partial charge in [0, 0.05) is 19.1 Å². The molecule has 0 aliphatic rings. The van der Waals surface area contributed by atoms with Crippen molar-refractivity contribution in [2.45, 2.75) is 53.8 Å². The van der Waals surface area contributed by atoms with Gasteiger partial charge in [0.05, 0.1) is 24.1 Å². The highest BCUT2D eigenvalue weighted by atomic mass is 16.2. The summed E-state index contributed by atoms with van der Waals surface area (Å²) in [6.45, 7) is 11.8. The zero-order valence-corrected chi connectivity index (χ0v) is 15.4. The third-order valence-corrected chi connectivity index (χ3v) is 4.20. The third-order valence-electron chi connectivity index (χ3n) is 4.20. The molecule has 0 bridgehead atoms. The first-order valence-corrected chi connectivity index (χ1v) is 8.65. The van der Waals surface area contributed by atoms with E-state index in [0.29, 0.717) is 25.3 Å². The highest BCUT2D eigenvalue weighted by Gasteiger charge is 2.16. The van der Waals surface area contributed by atoms with Crippen LogP contribution in [0.25, 0.3) is 11.0 Å². The molecule has 3 heterocycles.